The molecule has 2 amide bonds. The van der Waals surface area contributed by atoms with Crippen LogP contribution in [0.4, 0.5) is 0 Å². The van der Waals surface area contributed by atoms with E-state index in [9.17, 15) is 14.4 Å². The van der Waals surface area contributed by atoms with Crippen molar-refractivity contribution >= 4 is 23.5 Å². The zero-order valence-corrected chi connectivity index (χ0v) is 16.4. The van der Waals surface area contributed by atoms with E-state index in [2.05, 4.69) is 5.43 Å². The molecular formula is C21H27N3O4. The van der Waals surface area contributed by atoms with Crippen LogP contribution in [0, 0.1) is 12.8 Å². The predicted molar refractivity (Wildman–Crippen MR) is 105 cm³/mol. The van der Waals surface area contributed by atoms with E-state index in [1.807, 2.05) is 37.3 Å². The maximum atomic E-state index is 12.7. The van der Waals surface area contributed by atoms with Gasteiger partial charge in [0.05, 0.1) is 18.2 Å². The van der Waals surface area contributed by atoms with Gasteiger partial charge in [0, 0.05) is 19.5 Å². The van der Waals surface area contributed by atoms with E-state index in [-0.39, 0.29) is 36.7 Å². The molecule has 1 atom stereocenters. The van der Waals surface area contributed by atoms with E-state index in [1.165, 1.54) is 5.01 Å². The summed E-state index contributed by atoms with van der Waals surface area (Å²) in [6.45, 7) is 5.01. The third kappa shape index (κ3) is 4.71. The summed E-state index contributed by atoms with van der Waals surface area (Å²) in [5.41, 5.74) is 6.01. The molecule has 2 heterocycles. The minimum atomic E-state index is -0.286. The van der Waals surface area contributed by atoms with Gasteiger partial charge in [-0.1, -0.05) is 29.8 Å². The number of aryl methyl sites for hydroxylation is 1. The van der Waals surface area contributed by atoms with Crippen LogP contribution in [0.5, 0.6) is 0 Å². The van der Waals surface area contributed by atoms with Gasteiger partial charge in [0.25, 0.3) is 0 Å². The first-order chi connectivity index (χ1) is 13.5. The lowest BCUT2D eigenvalue weighted by Crippen LogP contribution is -2.52. The number of hydrogen-bond acceptors (Lipinski definition) is 5. The summed E-state index contributed by atoms with van der Waals surface area (Å²) in [5, 5.41) is 1.37. The van der Waals surface area contributed by atoms with Crippen molar-refractivity contribution in [3.05, 3.63) is 41.5 Å². The van der Waals surface area contributed by atoms with Crippen LogP contribution in [0.15, 0.2) is 30.3 Å². The molecule has 7 nitrogen and oxygen atoms in total. The molecule has 0 saturated carbocycles. The molecule has 7 heteroatoms. The van der Waals surface area contributed by atoms with Crippen molar-refractivity contribution in [3.63, 3.8) is 0 Å². The number of hydrogen-bond donors (Lipinski definition) is 1. The third-order valence-electron chi connectivity index (χ3n) is 5.09. The van der Waals surface area contributed by atoms with Crippen molar-refractivity contribution in [2.45, 2.75) is 33.1 Å². The fourth-order valence-corrected chi connectivity index (χ4v) is 3.49. The smallest absolute Gasteiger partial charge is 0.310 e. The quantitative estimate of drug-likeness (QED) is 0.783. The van der Waals surface area contributed by atoms with Gasteiger partial charge < -0.3 is 9.64 Å². The summed E-state index contributed by atoms with van der Waals surface area (Å²) in [6.07, 6.45) is 3.57. The predicted octanol–water partition coefficient (Wildman–Crippen LogP) is 1.87. The van der Waals surface area contributed by atoms with Crippen LogP contribution < -0.4 is 5.43 Å². The number of nitrogens with zero attached hydrogens (tertiary/aromatic N) is 2. The van der Waals surface area contributed by atoms with Crippen LogP contribution in [0.25, 0.3) is 5.70 Å². The van der Waals surface area contributed by atoms with E-state index >= 15 is 0 Å². The summed E-state index contributed by atoms with van der Waals surface area (Å²) in [4.78, 5) is 38.7. The maximum Gasteiger partial charge on any atom is 0.310 e. The Morgan fingerprint density at radius 3 is 2.71 bits per heavy atom. The van der Waals surface area contributed by atoms with Gasteiger partial charge >= 0.3 is 5.97 Å². The largest absolute Gasteiger partial charge is 0.466 e. The molecule has 2 aliphatic rings. The molecule has 0 spiro atoms. The summed E-state index contributed by atoms with van der Waals surface area (Å²) in [7, 11) is 0. The lowest BCUT2D eigenvalue weighted by molar-refractivity contribution is -0.152. The van der Waals surface area contributed by atoms with Crippen molar-refractivity contribution < 1.29 is 19.1 Å². The first-order valence-corrected chi connectivity index (χ1v) is 9.76. The van der Waals surface area contributed by atoms with Gasteiger partial charge in [0.1, 0.15) is 6.54 Å². The monoisotopic (exact) mass is 385 g/mol. The fourth-order valence-electron chi connectivity index (χ4n) is 3.49. The second-order valence-corrected chi connectivity index (χ2v) is 7.21. The molecule has 0 aromatic heterocycles. The minimum absolute atomic E-state index is 0.0580. The molecule has 1 aromatic rings. The molecule has 1 saturated heterocycles. The number of piperidine rings is 1. The lowest BCUT2D eigenvalue weighted by atomic mass is 9.98. The van der Waals surface area contributed by atoms with Crippen LogP contribution in [0.3, 0.4) is 0 Å². The molecule has 0 aliphatic carbocycles. The molecule has 0 bridgehead atoms. The van der Waals surface area contributed by atoms with Gasteiger partial charge in [-0.2, -0.15) is 0 Å². The number of hydrazine groups is 1. The van der Waals surface area contributed by atoms with Crippen molar-refractivity contribution in [3.8, 4) is 0 Å². The summed E-state index contributed by atoms with van der Waals surface area (Å²) in [5.74, 6) is -0.856. The number of carbonyl (C=O) groups is 3. The Labute approximate surface area is 165 Å². The molecule has 1 N–H and O–H groups in total. The summed E-state index contributed by atoms with van der Waals surface area (Å²) < 4.78 is 5.09. The molecule has 150 valence electrons. The van der Waals surface area contributed by atoms with Gasteiger partial charge in [-0.3, -0.25) is 19.8 Å². The van der Waals surface area contributed by atoms with Gasteiger partial charge in [-0.25, -0.2) is 5.01 Å². The molecule has 1 fully saturated rings. The van der Waals surface area contributed by atoms with Gasteiger partial charge in [-0.15, -0.1) is 0 Å². The number of carbonyl (C=O) groups excluding carboxylic acids is 3. The average Bonchev–Trinajstić information content (AvgIpc) is 2.70. The molecule has 3 rings (SSSR count). The zero-order valence-electron chi connectivity index (χ0n) is 16.4. The number of likely N-dealkylation sites (tertiary alicyclic amines) is 1. The summed E-state index contributed by atoms with van der Waals surface area (Å²) >= 11 is 0. The highest BCUT2D eigenvalue weighted by atomic mass is 16.5. The maximum absolute atomic E-state index is 12.7. The number of amides is 2. The van der Waals surface area contributed by atoms with E-state index in [0.717, 1.165) is 29.7 Å². The highest BCUT2D eigenvalue weighted by Crippen LogP contribution is 2.20. The fraction of sp³-hybridized carbons (Fsp3) is 0.476. The standard InChI is InChI=1S/C21H27N3O4/c1-3-28-21(27)17-5-4-12-23(13-17)20(26)14-24-19(25)11-10-18(22-24)16-8-6-15(2)7-9-16/h6-10,17,22H,3-5,11-14H2,1-2H3. The van der Waals surface area contributed by atoms with Gasteiger partial charge in [0.2, 0.25) is 11.8 Å². The number of rotatable bonds is 5. The molecular weight excluding hydrogens is 358 g/mol. The second-order valence-electron chi connectivity index (χ2n) is 7.21. The van der Waals surface area contributed by atoms with E-state index in [4.69, 9.17) is 4.74 Å². The van der Waals surface area contributed by atoms with Gasteiger partial charge in [0.15, 0.2) is 0 Å². The molecule has 1 aromatic carbocycles. The number of benzene rings is 1. The Morgan fingerprint density at radius 2 is 2.00 bits per heavy atom. The Bertz CT molecular complexity index is 772. The van der Waals surface area contributed by atoms with Crippen molar-refractivity contribution in [2.24, 2.45) is 5.92 Å². The van der Waals surface area contributed by atoms with Crippen LogP contribution in [-0.4, -0.2) is 53.9 Å². The van der Waals surface area contributed by atoms with Gasteiger partial charge in [-0.05, 0) is 38.3 Å². The Balaban J connectivity index is 1.61. The van der Waals surface area contributed by atoms with Crippen LogP contribution in [0.2, 0.25) is 0 Å². The number of nitrogens with one attached hydrogen (secondary N) is 1. The first-order valence-electron chi connectivity index (χ1n) is 9.76. The Morgan fingerprint density at radius 1 is 1.25 bits per heavy atom. The van der Waals surface area contributed by atoms with Crippen LogP contribution in [-0.2, 0) is 19.1 Å². The van der Waals surface area contributed by atoms with Crippen molar-refractivity contribution in [1.29, 1.82) is 0 Å². The molecule has 1 unspecified atom stereocenters. The van der Waals surface area contributed by atoms with Crippen LogP contribution >= 0.6 is 0 Å². The van der Waals surface area contributed by atoms with E-state index in [0.29, 0.717) is 19.7 Å². The SMILES string of the molecule is CCOC(=O)C1CCCN(C(=O)CN2NC(c3ccc(C)cc3)=CCC2=O)C1. The minimum Gasteiger partial charge on any atom is -0.466 e. The van der Waals surface area contributed by atoms with E-state index in [1.54, 1.807) is 11.8 Å². The summed E-state index contributed by atoms with van der Waals surface area (Å²) in [6, 6.07) is 7.98. The highest BCUT2D eigenvalue weighted by Gasteiger charge is 2.31. The van der Waals surface area contributed by atoms with Crippen molar-refractivity contribution in [2.75, 3.05) is 26.2 Å². The van der Waals surface area contributed by atoms with E-state index < -0.39 is 0 Å². The normalized spacial score (nSPS) is 19.7. The Hall–Kier alpha value is -2.83. The highest BCUT2D eigenvalue weighted by molar-refractivity contribution is 5.88. The molecule has 0 radical (unpaired) electrons. The number of ether oxygens (including phenoxy) is 1. The molecule has 28 heavy (non-hydrogen) atoms. The topological polar surface area (TPSA) is 79.0 Å². The number of esters is 1. The zero-order chi connectivity index (χ0) is 20.1. The van der Waals surface area contributed by atoms with Crippen molar-refractivity contribution in [1.82, 2.24) is 15.3 Å². The third-order valence-corrected chi connectivity index (χ3v) is 5.09. The first kappa shape index (κ1) is 19.9. The lowest BCUT2D eigenvalue weighted by Gasteiger charge is -2.34. The van der Waals surface area contributed by atoms with Crippen LogP contribution in [0.1, 0.15) is 37.3 Å². The average molecular weight is 385 g/mol. The molecule has 2 aliphatic heterocycles. The second kappa shape index (κ2) is 8.91. The Kier molecular flexibility index (Phi) is 6.34.